The van der Waals surface area contributed by atoms with Crippen LogP contribution in [0, 0.1) is 6.92 Å². The van der Waals surface area contributed by atoms with E-state index in [1.165, 1.54) is 0 Å². The van der Waals surface area contributed by atoms with Gasteiger partial charge in [0.2, 0.25) is 5.91 Å². The van der Waals surface area contributed by atoms with Crippen LogP contribution in [0.25, 0.3) is 10.8 Å². The van der Waals surface area contributed by atoms with Crippen molar-refractivity contribution in [1.29, 1.82) is 0 Å². The van der Waals surface area contributed by atoms with E-state index in [9.17, 15) is 9.59 Å². The molecule has 27 heavy (non-hydrogen) atoms. The number of hydrogen-bond donors (Lipinski definition) is 2. The molecule has 3 rings (SSSR count). The van der Waals surface area contributed by atoms with Crippen molar-refractivity contribution in [3.63, 3.8) is 0 Å². The first-order chi connectivity index (χ1) is 13.0. The second-order valence-corrected chi connectivity index (χ2v) is 6.37. The summed E-state index contributed by atoms with van der Waals surface area (Å²) in [6, 6.07) is 19.1. The van der Waals surface area contributed by atoms with Crippen LogP contribution in [0.15, 0.2) is 60.7 Å². The fraction of sp³-hybridized carbons (Fsp3) is 0.182. The van der Waals surface area contributed by atoms with Gasteiger partial charge in [0.1, 0.15) is 5.75 Å². The second kappa shape index (κ2) is 8.36. The van der Waals surface area contributed by atoms with E-state index < -0.39 is 0 Å². The monoisotopic (exact) mass is 362 g/mol. The number of carbonyl (C=O) groups excluding carboxylic acids is 2. The van der Waals surface area contributed by atoms with Crippen molar-refractivity contribution in [1.82, 2.24) is 10.6 Å². The van der Waals surface area contributed by atoms with Crippen molar-refractivity contribution in [3.8, 4) is 5.75 Å². The molecule has 0 fully saturated rings. The predicted octanol–water partition coefficient (Wildman–Crippen LogP) is 3.20. The maximum absolute atomic E-state index is 12.0. The molecule has 0 aromatic heterocycles. The number of fused-ring (bicyclic) bond motifs is 1. The van der Waals surface area contributed by atoms with Gasteiger partial charge in [0.15, 0.2) is 0 Å². The molecule has 0 radical (unpaired) electrons. The lowest BCUT2D eigenvalue weighted by Gasteiger charge is -2.09. The normalized spacial score (nSPS) is 10.4. The van der Waals surface area contributed by atoms with Gasteiger partial charge in [-0.25, -0.2) is 0 Å². The maximum Gasteiger partial charge on any atom is 0.251 e. The smallest absolute Gasteiger partial charge is 0.251 e. The lowest BCUT2D eigenvalue weighted by atomic mass is 10.1. The molecule has 3 aromatic rings. The van der Waals surface area contributed by atoms with Crippen LogP contribution in [0.3, 0.4) is 0 Å². The van der Waals surface area contributed by atoms with E-state index >= 15 is 0 Å². The number of ether oxygens (including phenoxy) is 1. The van der Waals surface area contributed by atoms with Crippen LogP contribution < -0.4 is 15.4 Å². The fourth-order valence-electron chi connectivity index (χ4n) is 2.74. The van der Waals surface area contributed by atoms with Crippen molar-refractivity contribution < 1.29 is 14.3 Å². The van der Waals surface area contributed by atoms with E-state index in [2.05, 4.69) is 10.6 Å². The molecule has 2 amide bonds. The first kappa shape index (κ1) is 18.5. The molecular formula is C22H22N2O3. The zero-order valence-electron chi connectivity index (χ0n) is 15.4. The third-order valence-electron chi connectivity index (χ3n) is 4.32. The van der Waals surface area contributed by atoms with Gasteiger partial charge < -0.3 is 15.4 Å². The lowest BCUT2D eigenvalue weighted by molar-refractivity contribution is -0.120. The minimum atomic E-state index is -0.259. The van der Waals surface area contributed by atoms with E-state index in [1.54, 1.807) is 19.2 Å². The summed E-state index contributed by atoms with van der Waals surface area (Å²) in [7, 11) is 1.64. The van der Waals surface area contributed by atoms with E-state index in [0.717, 1.165) is 27.6 Å². The Morgan fingerprint density at radius 2 is 1.59 bits per heavy atom. The Hall–Kier alpha value is -3.34. The predicted molar refractivity (Wildman–Crippen MR) is 106 cm³/mol. The van der Waals surface area contributed by atoms with Crippen molar-refractivity contribution in [3.05, 3.63) is 77.4 Å². The molecule has 2 N–H and O–H groups in total. The van der Waals surface area contributed by atoms with Gasteiger partial charge in [0.05, 0.1) is 13.7 Å². The van der Waals surface area contributed by atoms with Crippen molar-refractivity contribution in [2.45, 2.75) is 13.5 Å². The van der Waals surface area contributed by atoms with Crippen LogP contribution in [-0.4, -0.2) is 25.5 Å². The zero-order chi connectivity index (χ0) is 19.2. The first-order valence-corrected chi connectivity index (χ1v) is 8.73. The van der Waals surface area contributed by atoms with Crippen molar-refractivity contribution in [2.75, 3.05) is 13.7 Å². The summed E-state index contributed by atoms with van der Waals surface area (Å²) in [5.74, 6) is 0.322. The molecule has 0 aliphatic rings. The SMILES string of the molecule is COc1ccc2cc(CNC(=O)CNC(=O)c3ccc(C)cc3)ccc2c1. The lowest BCUT2D eigenvalue weighted by Crippen LogP contribution is -2.36. The Balaban J connectivity index is 1.52. The van der Waals surface area contributed by atoms with Gasteiger partial charge in [0, 0.05) is 12.1 Å². The van der Waals surface area contributed by atoms with E-state index in [-0.39, 0.29) is 18.4 Å². The Morgan fingerprint density at radius 1 is 0.889 bits per heavy atom. The summed E-state index contributed by atoms with van der Waals surface area (Å²) in [5, 5.41) is 7.61. The number of aryl methyl sites for hydroxylation is 1. The number of benzene rings is 3. The highest BCUT2D eigenvalue weighted by atomic mass is 16.5. The Morgan fingerprint density at radius 3 is 2.33 bits per heavy atom. The summed E-state index contributed by atoms with van der Waals surface area (Å²) >= 11 is 0. The quantitative estimate of drug-likeness (QED) is 0.708. The molecule has 0 bridgehead atoms. The summed E-state index contributed by atoms with van der Waals surface area (Å²) in [6.07, 6.45) is 0. The molecule has 138 valence electrons. The Labute approximate surface area is 158 Å². The van der Waals surface area contributed by atoms with Crippen LogP contribution in [0.5, 0.6) is 5.75 Å². The van der Waals surface area contributed by atoms with Crippen molar-refractivity contribution in [2.24, 2.45) is 0 Å². The summed E-state index contributed by atoms with van der Waals surface area (Å²) in [5.41, 5.74) is 2.61. The van der Waals surface area contributed by atoms with Crippen LogP contribution >= 0.6 is 0 Å². The Kier molecular flexibility index (Phi) is 5.71. The number of rotatable bonds is 6. The van der Waals surface area contributed by atoms with Gasteiger partial charge >= 0.3 is 0 Å². The average molecular weight is 362 g/mol. The third kappa shape index (κ3) is 4.85. The topological polar surface area (TPSA) is 67.4 Å². The minimum Gasteiger partial charge on any atom is -0.497 e. The summed E-state index contributed by atoms with van der Waals surface area (Å²) < 4.78 is 5.22. The summed E-state index contributed by atoms with van der Waals surface area (Å²) in [6.45, 7) is 2.30. The highest BCUT2D eigenvalue weighted by Crippen LogP contribution is 2.21. The van der Waals surface area contributed by atoms with Crippen molar-refractivity contribution >= 4 is 22.6 Å². The number of amides is 2. The standard InChI is InChI=1S/C22H22N2O3/c1-15-3-6-17(7-4-15)22(26)24-14-21(25)23-13-16-5-8-19-12-20(27-2)10-9-18(19)11-16/h3-12H,13-14H2,1-2H3,(H,23,25)(H,24,26). The minimum absolute atomic E-state index is 0.0580. The van der Waals surface area contributed by atoms with Crippen LogP contribution in [0.2, 0.25) is 0 Å². The molecule has 0 saturated carbocycles. The number of hydrogen-bond acceptors (Lipinski definition) is 3. The average Bonchev–Trinajstić information content (AvgIpc) is 2.70. The molecule has 3 aromatic carbocycles. The maximum atomic E-state index is 12.0. The molecule has 0 spiro atoms. The summed E-state index contributed by atoms with van der Waals surface area (Å²) in [4.78, 5) is 24.0. The third-order valence-corrected chi connectivity index (χ3v) is 4.32. The molecule has 0 atom stereocenters. The van der Waals surface area contributed by atoms with Gasteiger partial charge in [-0.05, 0) is 53.6 Å². The van der Waals surface area contributed by atoms with Gasteiger partial charge in [0.25, 0.3) is 5.91 Å². The molecule has 0 saturated heterocycles. The number of nitrogens with one attached hydrogen (secondary N) is 2. The molecule has 0 heterocycles. The van der Waals surface area contributed by atoms with Crippen LogP contribution in [-0.2, 0) is 11.3 Å². The molecule has 0 aliphatic carbocycles. The molecule has 5 nitrogen and oxygen atoms in total. The molecule has 0 unspecified atom stereocenters. The highest BCUT2D eigenvalue weighted by Gasteiger charge is 2.08. The van der Waals surface area contributed by atoms with Gasteiger partial charge in [-0.2, -0.15) is 0 Å². The van der Waals surface area contributed by atoms with Crippen LogP contribution in [0.4, 0.5) is 0 Å². The number of carbonyl (C=O) groups is 2. The number of methoxy groups -OCH3 is 1. The van der Waals surface area contributed by atoms with Gasteiger partial charge in [-0.15, -0.1) is 0 Å². The van der Waals surface area contributed by atoms with E-state index in [4.69, 9.17) is 4.74 Å². The van der Waals surface area contributed by atoms with Crippen LogP contribution in [0.1, 0.15) is 21.5 Å². The largest absolute Gasteiger partial charge is 0.497 e. The fourth-order valence-corrected chi connectivity index (χ4v) is 2.74. The zero-order valence-corrected chi connectivity index (χ0v) is 15.4. The molecular weight excluding hydrogens is 340 g/mol. The second-order valence-electron chi connectivity index (χ2n) is 6.37. The van der Waals surface area contributed by atoms with E-state index in [1.807, 2.05) is 55.5 Å². The van der Waals surface area contributed by atoms with Gasteiger partial charge in [-0.3, -0.25) is 9.59 Å². The molecule has 0 aliphatic heterocycles. The first-order valence-electron chi connectivity index (χ1n) is 8.73. The molecule has 5 heteroatoms. The van der Waals surface area contributed by atoms with Gasteiger partial charge in [-0.1, -0.05) is 35.9 Å². The highest BCUT2D eigenvalue weighted by molar-refractivity contribution is 5.96. The van der Waals surface area contributed by atoms with E-state index in [0.29, 0.717) is 12.1 Å². The Bertz CT molecular complexity index is 965.